The topological polar surface area (TPSA) is 149 Å². The first-order chi connectivity index (χ1) is 7.01. The number of carboxylic acids is 4. The van der Waals surface area contributed by atoms with E-state index in [4.69, 9.17) is 20.4 Å². The molecule has 0 aliphatic carbocycles. The van der Waals surface area contributed by atoms with E-state index in [1.165, 1.54) is 0 Å². The van der Waals surface area contributed by atoms with Crippen molar-refractivity contribution in [2.24, 2.45) is 0 Å². The maximum absolute atomic E-state index is 11.5. The molecule has 0 aromatic rings. The van der Waals surface area contributed by atoms with Gasteiger partial charge in [-0.1, -0.05) is 0 Å². The quantitative estimate of drug-likeness (QED) is 0.355. The van der Waals surface area contributed by atoms with E-state index in [-0.39, 0.29) is 18.9 Å². The Morgan fingerprint density at radius 3 is 1.06 bits per heavy atom. The van der Waals surface area contributed by atoms with Crippen LogP contribution >= 0.6 is 0 Å². The molecule has 0 radical (unpaired) electrons. The molecule has 0 aliphatic rings. The molecule has 0 saturated carbocycles. The molecule has 0 fully saturated rings. The zero-order valence-corrected chi connectivity index (χ0v) is 7.38. The summed E-state index contributed by atoms with van der Waals surface area (Å²) < 4.78 is 22.9. The van der Waals surface area contributed by atoms with Gasteiger partial charge in [-0.05, 0) is 0 Å². The van der Waals surface area contributed by atoms with E-state index >= 15 is 0 Å². The van der Waals surface area contributed by atoms with Crippen LogP contribution in [-0.4, -0.2) is 69.1 Å². The van der Waals surface area contributed by atoms with Crippen LogP contribution in [0.5, 0.6) is 0 Å². The van der Waals surface area contributed by atoms with Crippen LogP contribution in [0.3, 0.4) is 0 Å². The average molecular weight is 252 g/mol. The molecule has 0 unspecified atom stereocenters. The molecule has 0 atom stereocenters. The Bertz CT molecular complexity index is 287. The minimum atomic E-state index is -4.67. The molecule has 17 heavy (non-hydrogen) atoms. The molecule has 8 nitrogen and oxygen atoms in total. The second-order valence-electron chi connectivity index (χ2n) is 2.15. The number of alkyl halides is 2. The van der Waals surface area contributed by atoms with Gasteiger partial charge in [0.25, 0.3) is 0 Å². The molecule has 0 spiro atoms. The summed E-state index contributed by atoms with van der Waals surface area (Å²) in [4.78, 5) is 37.5. The summed E-state index contributed by atoms with van der Waals surface area (Å²) >= 11 is 0. The number of hydrogen-bond acceptors (Lipinski definition) is 4. The van der Waals surface area contributed by atoms with Crippen LogP contribution in [0.25, 0.3) is 0 Å². The Kier molecular flexibility index (Phi) is 10.3. The third-order valence-corrected chi connectivity index (χ3v) is 0.840. The van der Waals surface area contributed by atoms with Crippen molar-refractivity contribution in [2.75, 3.05) is 0 Å². The van der Waals surface area contributed by atoms with Gasteiger partial charge in [0.1, 0.15) is 6.42 Å². The number of hydrogen-bond donors (Lipinski definition) is 4. The molecular weight excluding hydrogens is 245 g/mol. The first kappa shape index (κ1) is 20.7. The van der Waals surface area contributed by atoms with E-state index < -0.39 is 36.2 Å². The molecule has 0 amide bonds. The number of halogens is 2. The summed E-state index contributed by atoms with van der Waals surface area (Å²) in [6, 6.07) is 0. The van der Waals surface area contributed by atoms with Gasteiger partial charge in [0.15, 0.2) is 0 Å². The van der Waals surface area contributed by atoms with E-state index in [1.54, 1.807) is 0 Å². The van der Waals surface area contributed by atoms with Gasteiger partial charge < -0.3 is 20.4 Å². The normalized spacial score (nSPS) is 9.06. The van der Waals surface area contributed by atoms with Crippen LogP contribution in [0.1, 0.15) is 6.42 Å². The van der Waals surface area contributed by atoms with E-state index in [9.17, 15) is 28.0 Å². The van der Waals surface area contributed by atoms with Gasteiger partial charge in [0.2, 0.25) is 0 Å². The van der Waals surface area contributed by atoms with E-state index in [0.717, 1.165) is 0 Å². The maximum atomic E-state index is 11.5. The number of rotatable bonds is 4. The molecular formula is C6H7F2LiO8. The van der Waals surface area contributed by atoms with Crippen LogP contribution < -0.4 is 0 Å². The van der Waals surface area contributed by atoms with Crippen molar-refractivity contribution < 1.29 is 48.4 Å². The summed E-state index contributed by atoms with van der Waals surface area (Å²) in [5, 5.41) is 30.4. The Balaban J connectivity index is -0.000000224. The van der Waals surface area contributed by atoms with Crippen LogP contribution in [0.4, 0.5) is 8.78 Å². The van der Waals surface area contributed by atoms with Crippen LogP contribution in [0.2, 0.25) is 0 Å². The van der Waals surface area contributed by atoms with Crippen LogP contribution in [0.15, 0.2) is 0 Å². The number of carboxylic acid groups (broad SMARTS) is 4. The van der Waals surface area contributed by atoms with E-state index in [0.29, 0.717) is 0 Å². The third kappa shape index (κ3) is 10.6. The zero-order valence-electron chi connectivity index (χ0n) is 7.38. The average Bonchev–Trinajstić information content (AvgIpc) is 2.01. The minimum absolute atomic E-state index is 0. The Hall–Kier alpha value is -1.66. The summed E-state index contributed by atoms with van der Waals surface area (Å²) in [5.74, 6) is -12.6. The molecule has 94 valence electrons. The fourth-order valence-corrected chi connectivity index (χ4v) is 0.221. The van der Waals surface area contributed by atoms with Crippen LogP contribution in [-0.2, 0) is 19.2 Å². The third-order valence-electron chi connectivity index (χ3n) is 0.840. The van der Waals surface area contributed by atoms with Crippen molar-refractivity contribution in [2.45, 2.75) is 12.3 Å². The molecule has 0 aromatic heterocycles. The predicted molar refractivity (Wildman–Crippen MR) is 47.3 cm³/mol. The van der Waals surface area contributed by atoms with Crippen LogP contribution in [0, 0.1) is 0 Å². The van der Waals surface area contributed by atoms with Gasteiger partial charge in [-0.15, -0.1) is 0 Å². The molecule has 0 heterocycles. The van der Waals surface area contributed by atoms with Gasteiger partial charge in [-0.3, -0.25) is 9.59 Å². The molecule has 0 aliphatic heterocycles. The Morgan fingerprint density at radius 1 is 0.824 bits per heavy atom. The SMILES string of the molecule is O=C(O)C(F)(F)C(=O)O.O=C(O)CC(=O)O.[LiH]. The van der Waals surface area contributed by atoms with Gasteiger partial charge in [0.05, 0.1) is 0 Å². The predicted octanol–water partition coefficient (Wildman–Crippen LogP) is -1.31. The molecule has 4 N–H and O–H groups in total. The number of carbonyl (C=O) groups is 4. The zero-order chi connectivity index (χ0) is 13.5. The van der Waals surface area contributed by atoms with Gasteiger partial charge in [-0.25, -0.2) is 9.59 Å². The first-order valence-electron chi connectivity index (χ1n) is 3.30. The molecule has 0 aromatic carbocycles. The van der Waals surface area contributed by atoms with Gasteiger partial charge >= 0.3 is 48.7 Å². The standard InChI is InChI=1S/C3H2F2O4.C3H4O4.Li.H/c4-3(5,1(6)7)2(8)9;4-2(5)1-3(6)7;;/h(H,6,7)(H,8,9);1H2,(H,4,5)(H,6,7);;. The second-order valence-corrected chi connectivity index (χ2v) is 2.15. The summed E-state index contributed by atoms with van der Waals surface area (Å²) in [6.07, 6.45) is -0.806. The van der Waals surface area contributed by atoms with Crippen molar-refractivity contribution in [1.29, 1.82) is 0 Å². The summed E-state index contributed by atoms with van der Waals surface area (Å²) in [6.45, 7) is 0. The van der Waals surface area contributed by atoms with Crippen molar-refractivity contribution in [1.82, 2.24) is 0 Å². The fraction of sp³-hybridized carbons (Fsp3) is 0.333. The molecule has 11 heteroatoms. The van der Waals surface area contributed by atoms with E-state index in [1.807, 2.05) is 0 Å². The molecule has 0 rings (SSSR count). The number of aliphatic carboxylic acids is 4. The first-order valence-corrected chi connectivity index (χ1v) is 3.30. The van der Waals surface area contributed by atoms with Crippen molar-refractivity contribution in [3.8, 4) is 0 Å². The Labute approximate surface area is 104 Å². The van der Waals surface area contributed by atoms with Crippen molar-refractivity contribution in [3.63, 3.8) is 0 Å². The summed E-state index contributed by atoms with van der Waals surface area (Å²) in [7, 11) is 0. The van der Waals surface area contributed by atoms with Gasteiger partial charge in [-0.2, -0.15) is 8.78 Å². The Morgan fingerprint density at radius 2 is 1.06 bits per heavy atom. The molecule has 0 saturated heterocycles. The fourth-order valence-electron chi connectivity index (χ4n) is 0.221. The van der Waals surface area contributed by atoms with Crippen molar-refractivity contribution in [3.05, 3.63) is 0 Å². The second kappa shape index (κ2) is 8.48. The van der Waals surface area contributed by atoms with Gasteiger partial charge in [0, 0.05) is 0 Å². The van der Waals surface area contributed by atoms with Crippen molar-refractivity contribution >= 4 is 42.7 Å². The summed E-state index contributed by atoms with van der Waals surface area (Å²) in [5.41, 5.74) is 0. The molecule has 0 bridgehead atoms. The monoisotopic (exact) mass is 252 g/mol. The van der Waals surface area contributed by atoms with E-state index in [2.05, 4.69) is 0 Å².